The van der Waals surface area contributed by atoms with E-state index in [0.717, 1.165) is 32.4 Å². The number of carbonyl (C=O) groups excluding carboxylic acids is 1. The van der Waals surface area contributed by atoms with Crippen LogP contribution in [0, 0.1) is 5.92 Å². The summed E-state index contributed by atoms with van der Waals surface area (Å²) in [7, 11) is 0. The first-order chi connectivity index (χ1) is 12.2. The summed E-state index contributed by atoms with van der Waals surface area (Å²) in [6.07, 6.45) is 5.06. The zero-order valence-electron chi connectivity index (χ0n) is 16.8. The Morgan fingerprint density at radius 3 is 2.58 bits per heavy atom. The van der Waals surface area contributed by atoms with Crippen molar-refractivity contribution in [3.8, 4) is 0 Å². The highest BCUT2D eigenvalue weighted by Gasteiger charge is 2.27. The fourth-order valence-electron chi connectivity index (χ4n) is 3.78. The summed E-state index contributed by atoms with van der Waals surface area (Å²) in [5.41, 5.74) is 3.59. The van der Waals surface area contributed by atoms with Crippen molar-refractivity contribution in [2.75, 3.05) is 13.1 Å². The number of aromatic amines is 1. The molecule has 1 aromatic heterocycles. The van der Waals surface area contributed by atoms with E-state index in [1.54, 1.807) is 0 Å². The maximum Gasteiger partial charge on any atom is 0.410 e. The third kappa shape index (κ3) is 4.40. The van der Waals surface area contributed by atoms with E-state index >= 15 is 0 Å². The predicted octanol–water partition coefficient (Wildman–Crippen LogP) is 5.48. The van der Waals surface area contributed by atoms with Crippen LogP contribution in [-0.4, -0.2) is 34.7 Å². The number of aromatic nitrogens is 1. The van der Waals surface area contributed by atoms with Crippen molar-refractivity contribution in [1.82, 2.24) is 9.88 Å². The molecule has 1 amide bonds. The number of hydrogen-bond donors (Lipinski definition) is 1. The zero-order chi connectivity index (χ0) is 18.9. The summed E-state index contributed by atoms with van der Waals surface area (Å²) in [5, 5.41) is 1.35. The molecule has 2 aromatic rings. The molecular formula is C22H32N2O2. The Morgan fingerprint density at radius 2 is 1.96 bits per heavy atom. The number of nitrogens with one attached hydrogen (secondary N) is 1. The highest BCUT2D eigenvalue weighted by atomic mass is 16.6. The lowest BCUT2D eigenvalue weighted by molar-refractivity contribution is 0.0205. The lowest BCUT2D eigenvalue weighted by Crippen LogP contribution is -2.41. The number of amides is 1. The first-order valence-electron chi connectivity index (χ1n) is 9.81. The highest BCUT2D eigenvalue weighted by Crippen LogP contribution is 2.32. The summed E-state index contributed by atoms with van der Waals surface area (Å²) in [5.74, 6) is 1.16. The maximum absolute atomic E-state index is 12.2. The quantitative estimate of drug-likeness (QED) is 0.791. The first kappa shape index (κ1) is 18.8. The molecule has 0 atom stereocenters. The van der Waals surface area contributed by atoms with Gasteiger partial charge in [-0.25, -0.2) is 4.79 Å². The predicted molar refractivity (Wildman–Crippen MR) is 107 cm³/mol. The molecule has 1 saturated heterocycles. The van der Waals surface area contributed by atoms with Gasteiger partial charge in [0, 0.05) is 30.2 Å². The molecular weight excluding hydrogens is 324 g/mol. The number of likely N-dealkylation sites (tertiary alicyclic amines) is 1. The molecule has 142 valence electrons. The van der Waals surface area contributed by atoms with Crippen LogP contribution in [0.4, 0.5) is 4.79 Å². The van der Waals surface area contributed by atoms with Gasteiger partial charge in [-0.2, -0.15) is 0 Å². The van der Waals surface area contributed by atoms with Crippen LogP contribution in [-0.2, 0) is 11.2 Å². The number of rotatable bonds is 3. The molecule has 4 heteroatoms. The molecule has 0 bridgehead atoms. The van der Waals surface area contributed by atoms with Gasteiger partial charge in [-0.05, 0) is 75.1 Å². The van der Waals surface area contributed by atoms with E-state index in [1.807, 2.05) is 25.7 Å². The number of H-pyrrole nitrogens is 1. The highest BCUT2D eigenvalue weighted by molar-refractivity contribution is 5.84. The summed E-state index contributed by atoms with van der Waals surface area (Å²) in [6.45, 7) is 11.8. The third-order valence-corrected chi connectivity index (χ3v) is 5.04. The van der Waals surface area contributed by atoms with Crippen molar-refractivity contribution >= 4 is 17.0 Å². The van der Waals surface area contributed by atoms with Gasteiger partial charge in [-0.1, -0.05) is 19.9 Å². The summed E-state index contributed by atoms with van der Waals surface area (Å²) in [6, 6.07) is 6.80. The lowest BCUT2D eigenvalue weighted by Gasteiger charge is -2.33. The monoisotopic (exact) mass is 356 g/mol. The van der Waals surface area contributed by atoms with Crippen LogP contribution in [0.15, 0.2) is 24.4 Å². The molecule has 1 N–H and O–H groups in total. The van der Waals surface area contributed by atoms with Gasteiger partial charge in [-0.3, -0.25) is 0 Å². The van der Waals surface area contributed by atoms with E-state index in [2.05, 4.69) is 43.2 Å². The van der Waals surface area contributed by atoms with Crippen molar-refractivity contribution in [3.05, 3.63) is 35.5 Å². The van der Waals surface area contributed by atoms with Crippen molar-refractivity contribution in [1.29, 1.82) is 0 Å². The zero-order valence-corrected chi connectivity index (χ0v) is 16.8. The minimum absolute atomic E-state index is 0.184. The van der Waals surface area contributed by atoms with E-state index < -0.39 is 5.60 Å². The van der Waals surface area contributed by atoms with Crippen LogP contribution in [0.25, 0.3) is 10.9 Å². The van der Waals surface area contributed by atoms with Gasteiger partial charge in [0.1, 0.15) is 5.60 Å². The van der Waals surface area contributed by atoms with Gasteiger partial charge in [0.2, 0.25) is 0 Å². The Morgan fingerprint density at radius 1 is 1.27 bits per heavy atom. The van der Waals surface area contributed by atoms with Crippen molar-refractivity contribution in [3.63, 3.8) is 0 Å². The lowest BCUT2D eigenvalue weighted by atomic mass is 9.88. The first-order valence-corrected chi connectivity index (χ1v) is 9.81. The molecule has 0 spiro atoms. The van der Waals surface area contributed by atoms with Crippen LogP contribution in [0.1, 0.15) is 64.5 Å². The smallest absolute Gasteiger partial charge is 0.410 e. The standard InChI is InChI=1S/C22H32N2O2/c1-15(2)12-18-14-23-20-7-6-17(13-19(18)20)16-8-10-24(11-9-16)21(25)26-22(3,4)5/h6-7,13-16,23H,8-12H2,1-5H3. The van der Waals surface area contributed by atoms with E-state index in [-0.39, 0.29) is 6.09 Å². The Labute approximate surface area is 156 Å². The molecule has 2 heterocycles. The number of ether oxygens (including phenoxy) is 1. The number of piperidine rings is 1. The molecule has 0 unspecified atom stereocenters. The second-order valence-electron chi connectivity index (χ2n) is 8.96. The van der Waals surface area contributed by atoms with Gasteiger partial charge in [0.25, 0.3) is 0 Å². The molecule has 26 heavy (non-hydrogen) atoms. The van der Waals surface area contributed by atoms with Crippen LogP contribution in [0.2, 0.25) is 0 Å². The molecule has 1 aliphatic heterocycles. The largest absolute Gasteiger partial charge is 0.444 e. The van der Waals surface area contributed by atoms with Crippen molar-refractivity contribution in [2.45, 2.75) is 65.4 Å². The van der Waals surface area contributed by atoms with Gasteiger partial charge in [0.05, 0.1) is 0 Å². The van der Waals surface area contributed by atoms with Gasteiger partial charge in [-0.15, -0.1) is 0 Å². The molecule has 3 rings (SSSR count). The number of nitrogens with zero attached hydrogens (tertiary/aromatic N) is 1. The van der Waals surface area contributed by atoms with E-state index in [0.29, 0.717) is 11.8 Å². The molecule has 1 aliphatic rings. The van der Waals surface area contributed by atoms with Gasteiger partial charge in [0.15, 0.2) is 0 Å². The Kier molecular flexibility index (Phi) is 5.31. The van der Waals surface area contributed by atoms with Gasteiger partial charge < -0.3 is 14.6 Å². The van der Waals surface area contributed by atoms with E-state index in [9.17, 15) is 4.79 Å². The molecule has 0 saturated carbocycles. The number of hydrogen-bond acceptors (Lipinski definition) is 2. The average molecular weight is 357 g/mol. The normalized spacial score (nSPS) is 16.5. The summed E-state index contributed by atoms with van der Waals surface area (Å²) < 4.78 is 5.50. The summed E-state index contributed by atoms with van der Waals surface area (Å²) in [4.78, 5) is 17.5. The average Bonchev–Trinajstić information content (AvgIpc) is 2.95. The minimum atomic E-state index is -0.430. The van der Waals surface area contributed by atoms with E-state index in [4.69, 9.17) is 4.74 Å². The molecule has 1 aromatic carbocycles. The summed E-state index contributed by atoms with van der Waals surface area (Å²) >= 11 is 0. The van der Waals surface area contributed by atoms with Gasteiger partial charge >= 0.3 is 6.09 Å². The van der Waals surface area contributed by atoms with Crippen LogP contribution < -0.4 is 0 Å². The topological polar surface area (TPSA) is 45.3 Å². The van der Waals surface area contributed by atoms with Crippen LogP contribution in [0.3, 0.4) is 0 Å². The Bertz CT molecular complexity index is 762. The van der Waals surface area contributed by atoms with Crippen LogP contribution in [0.5, 0.6) is 0 Å². The Hall–Kier alpha value is -1.97. The maximum atomic E-state index is 12.2. The second-order valence-corrected chi connectivity index (χ2v) is 8.96. The second kappa shape index (κ2) is 7.34. The number of fused-ring (bicyclic) bond motifs is 1. The SMILES string of the molecule is CC(C)Cc1c[nH]c2ccc(C3CCN(C(=O)OC(C)(C)C)CC3)cc12. The third-order valence-electron chi connectivity index (χ3n) is 5.04. The fourth-order valence-corrected chi connectivity index (χ4v) is 3.78. The van der Waals surface area contributed by atoms with Crippen molar-refractivity contribution in [2.24, 2.45) is 5.92 Å². The number of carbonyl (C=O) groups is 1. The molecule has 1 fully saturated rings. The minimum Gasteiger partial charge on any atom is -0.444 e. The molecule has 0 aliphatic carbocycles. The van der Waals surface area contributed by atoms with Crippen LogP contribution >= 0.6 is 0 Å². The Balaban J connectivity index is 1.68. The van der Waals surface area contributed by atoms with Crippen molar-refractivity contribution < 1.29 is 9.53 Å². The fraction of sp³-hybridized carbons (Fsp3) is 0.591. The number of benzene rings is 1. The molecule has 4 nitrogen and oxygen atoms in total. The molecule has 0 radical (unpaired) electrons. The van der Waals surface area contributed by atoms with E-state index in [1.165, 1.54) is 22.0 Å².